The van der Waals surface area contributed by atoms with E-state index in [4.69, 9.17) is 15.5 Å². The minimum atomic E-state index is -0.209. The Morgan fingerprint density at radius 2 is 2.03 bits per heavy atom. The van der Waals surface area contributed by atoms with Crippen molar-refractivity contribution in [3.63, 3.8) is 0 Å². The van der Waals surface area contributed by atoms with E-state index in [1.807, 2.05) is 36.4 Å². The minimum absolute atomic E-state index is 0.00645. The molecule has 35 heavy (non-hydrogen) atoms. The van der Waals surface area contributed by atoms with Gasteiger partial charge in [-0.2, -0.15) is 0 Å². The van der Waals surface area contributed by atoms with Gasteiger partial charge in [0, 0.05) is 24.8 Å². The van der Waals surface area contributed by atoms with Crippen LogP contribution in [-0.2, 0) is 11.2 Å². The lowest BCUT2D eigenvalue weighted by Crippen LogP contribution is -2.41. The molecule has 0 aromatic heterocycles. The number of urea groups is 1. The van der Waals surface area contributed by atoms with Crippen molar-refractivity contribution in [2.75, 3.05) is 19.5 Å². The third-order valence-electron chi connectivity index (χ3n) is 6.49. The molecular formula is C27H37N5O3. The van der Waals surface area contributed by atoms with E-state index in [0.29, 0.717) is 23.8 Å². The first-order valence-electron chi connectivity index (χ1n) is 12.2. The van der Waals surface area contributed by atoms with Gasteiger partial charge in [0.2, 0.25) is 6.41 Å². The Hall–Kier alpha value is -3.55. The minimum Gasteiger partial charge on any atom is -0.497 e. The molecule has 0 aliphatic heterocycles. The number of hydrogen-bond acceptors (Lipinski definition) is 4. The molecule has 1 aliphatic rings. The predicted molar refractivity (Wildman–Crippen MR) is 140 cm³/mol. The zero-order chi connectivity index (χ0) is 25.0. The smallest absolute Gasteiger partial charge is 0.319 e. The van der Waals surface area contributed by atoms with Crippen molar-refractivity contribution in [3.8, 4) is 5.75 Å². The number of rotatable bonds is 10. The average Bonchev–Trinajstić information content (AvgIpc) is 2.87. The quantitative estimate of drug-likeness (QED) is 0.270. The summed E-state index contributed by atoms with van der Waals surface area (Å²) in [6.07, 6.45) is 7.28. The van der Waals surface area contributed by atoms with E-state index < -0.39 is 0 Å². The molecule has 0 unspecified atom stereocenters. The van der Waals surface area contributed by atoms with Crippen LogP contribution in [0, 0.1) is 5.92 Å². The number of aliphatic imine (C=N–C) groups is 1. The maximum atomic E-state index is 12.6. The Morgan fingerprint density at radius 1 is 1.23 bits per heavy atom. The van der Waals surface area contributed by atoms with Gasteiger partial charge in [0.1, 0.15) is 5.75 Å². The van der Waals surface area contributed by atoms with Crippen LogP contribution in [-0.4, -0.2) is 49.5 Å². The SMILES string of the molecule is COc1cccc(NC(=O)N[C@@H]2CCC[C@H](C[C@@H](CCc3ccccc3)N=C(N)N(C)C=O)C2)c1. The molecule has 2 aromatic rings. The molecule has 4 N–H and O–H groups in total. The Morgan fingerprint density at radius 3 is 2.77 bits per heavy atom. The number of ether oxygens (including phenoxy) is 1. The van der Waals surface area contributed by atoms with Gasteiger partial charge in [0.25, 0.3) is 0 Å². The lowest BCUT2D eigenvalue weighted by Gasteiger charge is -2.31. The van der Waals surface area contributed by atoms with E-state index in [1.54, 1.807) is 20.2 Å². The number of guanidine groups is 1. The standard InChI is InChI=1S/C27H37N5O3/c1-32(19-33)26(28)29-24(15-14-20-8-4-3-5-9-20)17-21-10-6-11-22(16-21)30-27(34)31-23-12-7-13-25(18-23)35-2/h3-5,7-9,12-13,18-19,21-22,24H,6,10-11,14-17H2,1-2H3,(H2,28,29)(H2,30,31,34)/t21-,22+,24+/m0/s1. The summed E-state index contributed by atoms with van der Waals surface area (Å²) in [7, 11) is 3.21. The van der Waals surface area contributed by atoms with Crippen molar-refractivity contribution in [2.45, 2.75) is 57.0 Å². The summed E-state index contributed by atoms with van der Waals surface area (Å²) in [5.74, 6) is 1.35. The van der Waals surface area contributed by atoms with Gasteiger partial charge in [-0.25, -0.2) is 9.79 Å². The zero-order valence-corrected chi connectivity index (χ0v) is 20.7. The van der Waals surface area contributed by atoms with E-state index in [1.165, 1.54) is 10.5 Å². The molecule has 1 aliphatic carbocycles. The normalized spacial score (nSPS) is 18.9. The molecule has 0 heterocycles. The third kappa shape index (κ3) is 8.63. The molecule has 1 saturated carbocycles. The molecule has 3 rings (SSSR count). The molecule has 3 atom stereocenters. The highest BCUT2D eigenvalue weighted by atomic mass is 16.5. The highest BCUT2D eigenvalue weighted by Gasteiger charge is 2.26. The van der Waals surface area contributed by atoms with Crippen LogP contribution in [0.15, 0.2) is 59.6 Å². The summed E-state index contributed by atoms with van der Waals surface area (Å²) < 4.78 is 5.22. The van der Waals surface area contributed by atoms with Crippen LogP contribution in [0.5, 0.6) is 5.75 Å². The Balaban J connectivity index is 1.58. The van der Waals surface area contributed by atoms with Gasteiger partial charge in [-0.05, 0) is 55.7 Å². The summed E-state index contributed by atoms with van der Waals surface area (Å²) in [5, 5.41) is 6.02. The third-order valence-corrected chi connectivity index (χ3v) is 6.49. The lowest BCUT2D eigenvalue weighted by atomic mass is 9.81. The van der Waals surface area contributed by atoms with Gasteiger partial charge < -0.3 is 21.1 Å². The number of hydrogen-bond donors (Lipinski definition) is 3. The Labute approximate surface area is 207 Å². The fraction of sp³-hybridized carbons (Fsp3) is 0.444. The van der Waals surface area contributed by atoms with Crippen molar-refractivity contribution >= 4 is 24.1 Å². The van der Waals surface area contributed by atoms with Crippen LogP contribution in [0.4, 0.5) is 10.5 Å². The van der Waals surface area contributed by atoms with Crippen molar-refractivity contribution in [1.29, 1.82) is 0 Å². The van der Waals surface area contributed by atoms with E-state index in [0.717, 1.165) is 44.9 Å². The Bertz CT molecular complexity index is 982. The number of carbonyl (C=O) groups is 2. The number of anilines is 1. The molecule has 0 bridgehead atoms. The molecule has 0 saturated heterocycles. The molecular weight excluding hydrogens is 442 g/mol. The van der Waals surface area contributed by atoms with Crippen LogP contribution in [0.3, 0.4) is 0 Å². The maximum Gasteiger partial charge on any atom is 0.319 e. The molecule has 2 aromatic carbocycles. The molecule has 3 amide bonds. The number of carbonyl (C=O) groups excluding carboxylic acids is 2. The number of amides is 3. The second-order valence-corrected chi connectivity index (χ2v) is 9.18. The number of methoxy groups -OCH3 is 1. The van der Waals surface area contributed by atoms with Crippen LogP contribution < -0.4 is 21.1 Å². The van der Waals surface area contributed by atoms with Crippen LogP contribution >= 0.6 is 0 Å². The number of nitrogens with one attached hydrogen (secondary N) is 2. The molecule has 8 nitrogen and oxygen atoms in total. The number of nitrogens with zero attached hydrogens (tertiary/aromatic N) is 2. The van der Waals surface area contributed by atoms with Gasteiger partial charge in [-0.1, -0.05) is 49.2 Å². The van der Waals surface area contributed by atoms with Crippen molar-refractivity contribution < 1.29 is 14.3 Å². The van der Waals surface area contributed by atoms with E-state index in [-0.39, 0.29) is 24.1 Å². The van der Waals surface area contributed by atoms with Crippen LogP contribution in [0.1, 0.15) is 44.1 Å². The largest absolute Gasteiger partial charge is 0.497 e. The fourth-order valence-corrected chi connectivity index (χ4v) is 4.62. The first-order valence-corrected chi connectivity index (χ1v) is 12.2. The number of benzene rings is 2. The topological polar surface area (TPSA) is 109 Å². The molecule has 188 valence electrons. The van der Waals surface area contributed by atoms with Gasteiger partial charge in [0.15, 0.2) is 5.96 Å². The monoisotopic (exact) mass is 479 g/mol. The van der Waals surface area contributed by atoms with E-state index in [9.17, 15) is 9.59 Å². The molecule has 8 heteroatoms. The average molecular weight is 480 g/mol. The molecule has 1 fully saturated rings. The van der Waals surface area contributed by atoms with Gasteiger partial charge in [0.05, 0.1) is 13.2 Å². The first-order chi connectivity index (χ1) is 17.0. The summed E-state index contributed by atoms with van der Waals surface area (Å²) >= 11 is 0. The summed E-state index contributed by atoms with van der Waals surface area (Å²) in [6.45, 7) is 0. The predicted octanol–water partition coefficient (Wildman–Crippen LogP) is 4.17. The van der Waals surface area contributed by atoms with Crippen LogP contribution in [0.25, 0.3) is 0 Å². The van der Waals surface area contributed by atoms with Crippen LogP contribution in [0.2, 0.25) is 0 Å². The number of nitrogens with two attached hydrogens (primary N) is 1. The second kappa shape index (κ2) is 13.4. The fourth-order valence-electron chi connectivity index (χ4n) is 4.62. The van der Waals surface area contributed by atoms with Gasteiger partial charge >= 0.3 is 6.03 Å². The zero-order valence-electron chi connectivity index (χ0n) is 20.7. The van der Waals surface area contributed by atoms with Crippen molar-refractivity contribution in [2.24, 2.45) is 16.6 Å². The highest BCUT2D eigenvalue weighted by Crippen LogP contribution is 2.30. The first kappa shape index (κ1) is 26.1. The highest BCUT2D eigenvalue weighted by molar-refractivity contribution is 5.89. The summed E-state index contributed by atoms with van der Waals surface area (Å²) in [4.78, 5) is 29.7. The van der Waals surface area contributed by atoms with Crippen molar-refractivity contribution in [1.82, 2.24) is 10.2 Å². The van der Waals surface area contributed by atoms with Crippen molar-refractivity contribution in [3.05, 3.63) is 60.2 Å². The summed E-state index contributed by atoms with van der Waals surface area (Å²) in [5.41, 5.74) is 8.01. The van der Waals surface area contributed by atoms with E-state index >= 15 is 0 Å². The van der Waals surface area contributed by atoms with E-state index in [2.05, 4.69) is 22.8 Å². The maximum absolute atomic E-state index is 12.6. The molecule has 0 radical (unpaired) electrons. The number of aryl methyl sites for hydroxylation is 1. The van der Waals surface area contributed by atoms with Gasteiger partial charge in [-0.3, -0.25) is 9.69 Å². The lowest BCUT2D eigenvalue weighted by molar-refractivity contribution is -0.114. The molecule has 0 spiro atoms. The Kier molecular flexibility index (Phi) is 9.95. The second-order valence-electron chi connectivity index (χ2n) is 9.18. The summed E-state index contributed by atoms with van der Waals surface area (Å²) in [6, 6.07) is 17.5. The van der Waals surface area contributed by atoms with Gasteiger partial charge in [-0.15, -0.1) is 0 Å².